The summed E-state index contributed by atoms with van der Waals surface area (Å²) in [5.41, 5.74) is 1.41. The summed E-state index contributed by atoms with van der Waals surface area (Å²) in [5, 5.41) is 11.3. The van der Waals surface area contributed by atoms with Gasteiger partial charge in [-0.05, 0) is 17.7 Å². The molecule has 2 aromatic rings. The van der Waals surface area contributed by atoms with Gasteiger partial charge in [0.15, 0.2) is 0 Å². The largest absolute Gasteiger partial charge is 0.481 e. The molecule has 1 aromatic carbocycles. The van der Waals surface area contributed by atoms with Gasteiger partial charge < -0.3 is 14.6 Å². The Bertz CT molecular complexity index is 744. The van der Waals surface area contributed by atoms with E-state index < -0.39 is 12.1 Å². The summed E-state index contributed by atoms with van der Waals surface area (Å²) < 4.78 is 10.1. The van der Waals surface area contributed by atoms with E-state index in [1.165, 1.54) is 13.2 Å². The first-order valence-corrected chi connectivity index (χ1v) is 7.02. The highest BCUT2D eigenvalue weighted by Gasteiger charge is 2.09. The van der Waals surface area contributed by atoms with Gasteiger partial charge in [0.1, 0.15) is 6.61 Å². The van der Waals surface area contributed by atoms with Crippen LogP contribution in [0.15, 0.2) is 48.5 Å². The van der Waals surface area contributed by atoms with Crippen molar-refractivity contribution in [3.05, 3.63) is 59.8 Å². The molecule has 7 heteroatoms. The molecule has 0 fully saturated rings. The SMILES string of the molecule is COc1ccc(NC(=O)OCc2ccccc2)c(/C=C/C(=O)O)n1. The second-order valence-corrected chi connectivity index (χ2v) is 4.64. The first kappa shape index (κ1) is 17.0. The Morgan fingerprint density at radius 3 is 2.62 bits per heavy atom. The van der Waals surface area contributed by atoms with Crippen LogP contribution in [0.3, 0.4) is 0 Å². The lowest BCUT2D eigenvalue weighted by atomic mass is 10.2. The Morgan fingerprint density at radius 1 is 1.21 bits per heavy atom. The Morgan fingerprint density at radius 2 is 1.96 bits per heavy atom. The molecule has 0 saturated carbocycles. The third kappa shape index (κ3) is 5.13. The summed E-state index contributed by atoms with van der Waals surface area (Å²) in [4.78, 5) is 26.7. The minimum absolute atomic E-state index is 0.122. The average Bonchev–Trinajstić information content (AvgIpc) is 2.60. The van der Waals surface area contributed by atoms with Crippen LogP contribution >= 0.6 is 0 Å². The van der Waals surface area contributed by atoms with Crippen molar-refractivity contribution < 1.29 is 24.2 Å². The molecule has 24 heavy (non-hydrogen) atoms. The predicted molar refractivity (Wildman–Crippen MR) is 87.7 cm³/mol. The Labute approximate surface area is 138 Å². The van der Waals surface area contributed by atoms with Gasteiger partial charge in [-0.1, -0.05) is 30.3 Å². The highest BCUT2D eigenvalue weighted by molar-refractivity contribution is 5.90. The lowest BCUT2D eigenvalue weighted by Crippen LogP contribution is -2.14. The molecule has 0 aliphatic carbocycles. The number of aliphatic carboxylic acids is 1. The second kappa shape index (κ2) is 8.33. The molecule has 0 aliphatic rings. The standard InChI is InChI=1S/C17H16N2O5/c1-23-15-9-7-14(13(18-15)8-10-16(20)21)19-17(22)24-11-12-5-3-2-4-6-12/h2-10H,11H2,1H3,(H,19,22)(H,20,21)/b10-8+. The number of rotatable bonds is 6. The average molecular weight is 328 g/mol. The van der Waals surface area contributed by atoms with E-state index in [2.05, 4.69) is 10.3 Å². The van der Waals surface area contributed by atoms with Gasteiger partial charge in [0, 0.05) is 12.1 Å². The number of carbonyl (C=O) groups is 2. The number of nitrogens with one attached hydrogen (secondary N) is 1. The van der Waals surface area contributed by atoms with Crippen LogP contribution in [-0.2, 0) is 16.1 Å². The molecule has 0 saturated heterocycles. The zero-order chi connectivity index (χ0) is 17.4. The number of aromatic nitrogens is 1. The molecule has 0 bridgehead atoms. The number of anilines is 1. The number of hydrogen-bond acceptors (Lipinski definition) is 5. The molecule has 0 spiro atoms. The molecule has 1 amide bonds. The number of carbonyl (C=O) groups excluding carboxylic acids is 1. The van der Waals surface area contributed by atoms with Crippen LogP contribution in [0.5, 0.6) is 5.88 Å². The third-order valence-corrected chi connectivity index (χ3v) is 2.94. The third-order valence-electron chi connectivity index (χ3n) is 2.94. The number of pyridine rings is 1. The van der Waals surface area contributed by atoms with Gasteiger partial charge >= 0.3 is 12.1 Å². The number of hydrogen-bond donors (Lipinski definition) is 2. The van der Waals surface area contributed by atoms with Gasteiger partial charge in [-0.3, -0.25) is 5.32 Å². The van der Waals surface area contributed by atoms with Crippen LogP contribution in [0, 0.1) is 0 Å². The van der Waals surface area contributed by atoms with Crippen molar-refractivity contribution in [1.82, 2.24) is 4.98 Å². The van der Waals surface area contributed by atoms with Gasteiger partial charge in [0.05, 0.1) is 18.5 Å². The molecule has 1 aromatic heterocycles. The van der Waals surface area contributed by atoms with Crippen LogP contribution < -0.4 is 10.1 Å². The number of carboxylic acids is 1. The van der Waals surface area contributed by atoms with Crippen LogP contribution in [-0.4, -0.2) is 29.3 Å². The molecule has 7 nitrogen and oxygen atoms in total. The van der Waals surface area contributed by atoms with E-state index in [0.717, 1.165) is 11.6 Å². The number of amides is 1. The first-order valence-electron chi connectivity index (χ1n) is 7.02. The van der Waals surface area contributed by atoms with E-state index in [1.807, 2.05) is 30.3 Å². The zero-order valence-electron chi connectivity index (χ0n) is 12.9. The maximum atomic E-state index is 11.9. The van der Waals surface area contributed by atoms with E-state index >= 15 is 0 Å². The minimum Gasteiger partial charge on any atom is -0.481 e. The molecule has 2 N–H and O–H groups in total. The van der Waals surface area contributed by atoms with Crippen molar-refractivity contribution >= 4 is 23.8 Å². The smallest absolute Gasteiger partial charge is 0.412 e. The van der Waals surface area contributed by atoms with Crippen molar-refractivity contribution in [3.63, 3.8) is 0 Å². The number of benzene rings is 1. The van der Waals surface area contributed by atoms with Crippen LogP contribution in [0.1, 0.15) is 11.3 Å². The Hall–Kier alpha value is -3.35. The highest BCUT2D eigenvalue weighted by atomic mass is 16.5. The normalized spacial score (nSPS) is 10.4. The van der Waals surface area contributed by atoms with Crippen molar-refractivity contribution in [2.45, 2.75) is 6.61 Å². The Kier molecular flexibility index (Phi) is 5.90. The molecule has 0 aliphatic heterocycles. The first-order chi connectivity index (χ1) is 11.6. The predicted octanol–water partition coefficient (Wildman–Crippen LogP) is 2.94. The molecular weight excluding hydrogens is 312 g/mol. The van der Waals surface area contributed by atoms with Crippen LogP contribution in [0.4, 0.5) is 10.5 Å². The van der Waals surface area contributed by atoms with Gasteiger partial charge in [-0.2, -0.15) is 0 Å². The molecule has 0 radical (unpaired) electrons. The van der Waals surface area contributed by atoms with E-state index in [4.69, 9.17) is 14.6 Å². The van der Waals surface area contributed by atoms with Gasteiger partial charge in [-0.25, -0.2) is 14.6 Å². The summed E-state index contributed by atoms with van der Waals surface area (Å²) in [6.07, 6.45) is 1.51. The molecular formula is C17H16N2O5. The molecule has 2 rings (SSSR count). The van der Waals surface area contributed by atoms with Gasteiger partial charge in [0.25, 0.3) is 0 Å². The van der Waals surface area contributed by atoms with Crippen LogP contribution in [0.2, 0.25) is 0 Å². The fraction of sp³-hybridized carbons (Fsp3) is 0.118. The number of nitrogens with zero attached hydrogens (tertiary/aromatic N) is 1. The lowest BCUT2D eigenvalue weighted by Gasteiger charge is -2.10. The maximum Gasteiger partial charge on any atom is 0.412 e. The van der Waals surface area contributed by atoms with Crippen LogP contribution in [0.25, 0.3) is 6.08 Å². The van der Waals surface area contributed by atoms with E-state index in [-0.39, 0.29) is 12.3 Å². The van der Waals surface area contributed by atoms with Crippen molar-refractivity contribution in [1.29, 1.82) is 0 Å². The van der Waals surface area contributed by atoms with E-state index in [0.29, 0.717) is 11.6 Å². The maximum absolute atomic E-state index is 11.9. The molecule has 0 unspecified atom stereocenters. The van der Waals surface area contributed by atoms with E-state index in [1.54, 1.807) is 12.1 Å². The summed E-state index contributed by atoms with van der Waals surface area (Å²) >= 11 is 0. The summed E-state index contributed by atoms with van der Waals surface area (Å²) in [6, 6.07) is 12.3. The molecule has 1 heterocycles. The van der Waals surface area contributed by atoms with Crippen molar-refractivity contribution in [3.8, 4) is 5.88 Å². The van der Waals surface area contributed by atoms with E-state index in [9.17, 15) is 9.59 Å². The highest BCUT2D eigenvalue weighted by Crippen LogP contribution is 2.19. The number of ether oxygens (including phenoxy) is 2. The summed E-state index contributed by atoms with van der Waals surface area (Å²) in [7, 11) is 1.44. The monoisotopic (exact) mass is 328 g/mol. The summed E-state index contributed by atoms with van der Waals surface area (Å²) in [6.45, 7) is 0.122. The topological polar surface area (TPSA) is 97.8 Å². The van der Waals surface area contributed by atoms with Crippen molar-refractivity contribution in [2.24, 2.45) is 0 Å². The second-order valence-electron chi connectivity index (χ2n) is 4.64. The fourth-order valence-electron chi connectivity index (χ4n) is 1.82. The van der Waals surface area contributed by atoms with Crippen molar-refractivity contribution in [2.75, 3.05) is 12.4 Å². The zero-order valence-corrected chi connectivity index (χ0v) is 12.9. The molecule has 0 atom stereocenters. The number of methoxy groups -OCH3 is 1. The quantitative estimate of drug-likeness (QED) is 0.791. The van der Waals surface area contributed by atoms with Gasteiger partial charge in [0.2, 0.25) is 5.88 Å². The Balaban J connectivity index is 2.07. The lowest BCUT2D eigenvalue weighted by molar-refractivity contribution is -0.131. The number of carboxylic acid groups (broad SMARTS) is 1. The molecule has 124 valence electrons. The summed E-state index contributed by atoms with van der Waals surface area (Å²) in [5.74, 6) is -0.833. The minimum atomic E-state index is -1.13. The van der Waals surface area contributed by atoms with Gasteiger partial charge in [-0.15, -0.1) is 0 Å². The fourth-order valence-corrected chi connectivity index (χ4v) is 1.82.